The van der Waals surface area contributed by atoms with E-state index in [4.69, 9.17) is 4.74 Å². The predicted molar refractivity (Wildman–Crippen MR) is 66.6 cm³/mol. The summed E-state index contributed by atoms with van der Waals surface area (Å²) in [7, 11) is 0. The molecule has 0 spiro atoms. The van der Waals surface area contributed by atoms with Crippen molar-refractivity contribution in [1.29, 1.82) is 0 Å². The smallest absolute Gasteiger partial charge is 0.330 e. The van der Waals surface area contributed by atoms with Crippen LogP contribution in [0, 0.1) is 0 Å². The highest BCUT2D eigenvalue weighted by atomic mass is 16.5. The third-order valence-corrected chi connectivity index (χ3v) is 3.50. The Balaban J connectivity index is 2.21. The molecule has 2 aromatic rings. The number of hydrogen-bond donors (Lipinski definition) is 0. The molecule has 0 aromatic carbocycles. The standard InChI is InChI=1S/C12H16N4O2/c1-2-15-10-7-13-8-14-11(10)16(12(15)17)9-3-5-18-6-4-9/h7-9H,2-6H2,1H3. The van der Waals surface area contributed by atoms with Gasteiger partial charge in [-0.3, -0.25) is 9.13 Å². The number of ether oxygens (including phenoxy) is 1. The van der Waals surface area contributed by atoms with Crippen molar-refractivity contribution in [2.45, 2.75) is 32.4 Å². The summed E-state index contributed by atoms with van der Waals surface area (Å²) in [5.41, 5.74) is 1.57. The third kappa shape index (κ3) is 1.64. The maximum absolute atomic E-state index is 12.4. The van der Waals surface area contributed by atoms with Gasteiger partial charge in [0.05, 0.1) is 6.20 Å². The molecule has 0 radical (unpaired) electrons. The van der Waals surface area contributed by atoms with Crippen molar-refractivity contribution in [2.24, 2.45) is 0 Å². The number of aryl methyl sites for hydroxylation is 1. The normalized spacial score (nSPS) is 17.4. The number of hydrogen-bond acceptors (Lipinski definition) is 4. The lowest BCUT2D eigenvalue weighted by Crippen LogP contribution is -2.30. The molecule has 0 atom stereocenters. The minimum absolute atomic E-state index is 0.0138. The van der Waals surface area contributed by atoms with Crippen molar-refractivity contribution in [3.05, 3.63) is 23.0 Å². The second-order valence-corrected chi connectivity index (χ2v) is 4.47. The molecule has 6 heteroatoms. The van der Waals surface area contributed by atoms with Gasteiger partial charge in [0.25, 0.3) is 0 Å². The Hall–Kier alpha value is -1.69. The molecule has 1 aliphatic rings. The summed E-state index contributed by atoms with van der Waals surface area (Å²) in [4.78, 5) is 20.7. The Kier molecular flexibility index (Phi) is 2.87. The first-order valence-electron chi connectivity index (χ1n) is 6.31. The Morgan fingerprint density at radius 2 is 2.22 bits per heavy atom. The third-order valence-electron chi connectivity index (χ3n) is 3.50. The van der Waals surface area contributed by atoms with E-state index in [0.717, 1.165) is 24.0 Å². The zero-order chi connectivity index (χ0) is 12.5. The van der Waals surface area contributed by atoms with Crippen LogP contribution in [-0.4, -0.2) is 32.3 Å². The summed E-state index contributed by atoms with van der Waals surface area (Å²) in [6.07, 6.45) is 4.94. The van der Waals surface area contributed by atoms with Crippen LogP contribution in [0.4, 0.5) is 0 Å². The summed E-state index contributed by atoms with van der Waals surface area (Å²) >= 11 is 0. The van der Waals surface area contributed by atoms with E-state index in [1.807, 2.05) is 11.5 Å². The summed E-state index contributed by atoms with van der Waals surface area (Å²) in [5, 5.41) is 0. The Morgan fingerprint density at radius 3 is 2.94 bits per heavy atom. The molecule has 1 aliphatic heterocycles. The van der Waals surface area contributed by atoms with Crippen molar-refractivity contribution >= 4 is 11.2 Å². The predicted octanol–water partition coefficient (Wildman–Crippen LogP) is 0.964. The van der Waals surface area contributed by atoms with Gasteiger partial charge in [-0.25, -0.2) is 14.8 Å². The molecule has 1 saturated heterocycles. The first-order chi connectivity index (χ1) is 8.83. The van der Waals surface area contributed by atoms with Gasteiger partial charge in [0.15, 0.2) is 5.65 Å². The second-order valence-electron chi connectivity index (χ2n) is 4.47. The van der Waals surface area contributed by atoms with Crippen LogP contribution in [0.25, 0.3) is 11.2 Å². The van der Waals surface area contributed by atoms with Crippen molar-refractivity contribution in [2.75, 3.05) is 13.2 Å². The average Bonchev–Trinajstić information content (AvgIpc) is 2.71. The van der Waals surface area contributed by atoms with Crippen LogP contribution in [-0.2, 0) is 11.3 Å². The molecule has 0 N–H and O–H groups in total. The van der Waals surface area contributed by atoms with E-state index in [0.29, 0.717) is 19.8 Å². The summed E-state index contributed by atoms with van der Waals surface area (Å²) in [6.45, 7) is 4.02. The van der Waals surface area contributed by atoms with Gasteiger partial charge >= 0.3 is 5.69 Å². The lowest BCUT2D eigenvalue weighted by Gasteiger charge is -2.22. The molecule has 3 rings (SSSR count). The molecule has 18 heavy (non-hydrogen) atoms. The van der Waals surface area contributed by atoms with Crippen LogP contribution in [0.2, 0.25) is 0 Å². The van der Waals surface area contributed by atoms with E-state index < -0.39 is 0 Å². The highest BCUT2D eigenvalue weighted by Crippen LogP contribution is 2.22. The van der Waals surface area contributed by atoms with E-state index in [-0.39, 0.29) is 11.7 Å². The van der Waals surface area contributed by atoms with Crippen LogP contribution in [0.15, 0.2) is 17.3 Å². The first-order valence-corrected chi connectivity index (χ1v) is 6.31. The van der Waals surface area contributed by atoms with Crippen LogP contribution in [0.5, 0.6) is 0 Å². The maximum atomic E-state index is 12.4. The molecule has 0 amide bonds. The minimum atomic E-state index is 0.0138. The molecule has 0 unspecified atom stereocenters. The molecule has 0 aliphatic carbocycles. The number of aromatic nitrogens is 4. The Labute approximate surface area is 104 Å². The number of rotatable bonds is 2. The lowest BCUT2D eigenvalue weighted by atomic mass is 10.1. The van der Waals surface area contributed by atoms with Crippen LogP contribution in [0.1, 0.15) is 25.8 Å². The zero-order valence-electron chi connectivity index (χ0n) is 10.4. The number of nitrogens with zero attached hydrogens (tertiary/aromatic N) is 4. The van der Waals surface area contributed by atoms with Crippen molar-refractivity contribution < 1.29 is 4.74 Å². The fourth-order valence-electron chi connectivity index (χ4n) is 2.59. The lowest BCUT2D eigenvalue weighted by molar-refractivity contribution is 0.0694. The molecule has 2 aromatic heterocycles. The second kappa shape index (κ2) is 4.53. The topological polar surface area (TPSA) is 61.9 Å². The highest BCUT2D eigenvalue weighted by molar-refractivity contribution is 5.70. The van der Waals surface area contributed by atoms with Crippen LogP contribution >= 0.6 is 0 Å². The van der Waals surface area contributed by atoms with Crippen molar-refractivity contribution in [3.8, 4) is 0 Å². The number of fused-ring (bicyclic) bond motifs is 1. The molecule has 0 saturated carbocycles. The molecule has 96 valence electrons. The quantitative estimate of drug-likeness (QED) is 0.794. The summed E-state index contributed by atoms with van der Waals surface area (Å²) in [6, 6.07) is 0.191. The van der Waals surface area contributed by atoms with Gasteiger partial charge in [-0.05, 0) is 19.8 Å². The molecular weight excluding hydrogens is 232 g/mol. The van der Waals surface area contributed by atoms with Gasteiger partial charge in [0.2, 0.25) is 0 Å². The van der Waals surface area contributed by atoms with Gasteiger partial charge < -0.3 is 4.74 Å². The zero-order valence-corrected chi connectivity index (χ0v) is 10.4. The van der Waals surface area contributed by atoms with E-state index in [9.17, 15) is 4.79 Å². The fraction of sp³-hybridized carbons (Fsp3) is 0.583. The molecule has 0 bridgehead atoms. The van der Waals surface area contributed by atoms with Crippen LogP contribution in [0.3, 0.4) is 0 Å². The Morgan fingerprint density at radius 1 is 1.44 bits per heavy atom. The van der Waals surface area contributed by atoms with Gasteiger partial charge in [-0.15, -0.1) is 0 Å². The van der Waals surface area contributed by atoms with Gasteiger partial charge in [0, 0.05) is 25.8 Å². The van der Waals surface area contributed by atoms with Gasteiger partial charge in [-0.1, -0.05) is 0 Å². The largest absolute Gasteiger partial charge is 0.381 e. The SMILES string of the molecule is CCn1c(=O)n(C2CCOCC2)c2ncncc21. The first kappa shape index (κ1) is 11.4. The van der Waals surface area contributed by atoms with E-state index in [2.05, 4.69) is 9.97 Å². The average molecular weight is 248 g/mol. The summed E-state index contributed by atoms with van der Waals surface area (Å²) < 4.78 is 8.89. The van der Waals surface area contributed by atoms with E-state index >= 15 is 0 Å². The van der Waals surface area contributed by atoms with Crippen molar-refractivity contribution in [1.82, 2.24) is 19.1 Å². The minimum Gasteiger partial charge on any atom is -0.381 e. The molecule has 1 fully saturated rings. The number of imidazole rings is 1. The fourth-order valence-corrected chi connectivity index (χ4v) is 2.59. The van der Waals surface area contributed by atoms with E-state index in [1.54, 1.807) is 10.8 Å². The molecule has 3 heterocycles. The van der Waals surface area contributed by atoms with Crippen molar-refractivity contribution in [3.63, 3.8) is 0 Å². The maximum Gasteiger partial charge on any atom is 0.330 e. The van der Waals surface area contributed by atoms with Crippen LogP contribution < -0.4 is 5.69 Å². The summed E-state index contributed by atoms with van der Waals surface area (Å²) in [5.74, 6) is 0. The monoisotopic (exact) mass is 248 g/mol. The highest BCUT2D eigenvalue weighted by Gasteiger charge is 2.22. The molecule has 6 nitrogen and oxygen atoms in total. The Bertz CT molecular complexity index is 610. The van der Waals surface area contributed by atoms with E-state index in [1.165, 1.54) is 6.33 Å². The van der Waals surface area contributed by atoms with Gasteiger partial charge in [0.1, 0.15) is 11.8 Å². The molecular formula is C12H16N4O2. The van der Waals surface area contributed by atoms with Gasteiger partial charge in [-0.2, -0.15) is 0 Å².